The molecular weight excluding hydrogens is 229 g/mol. The molecule has 1 rings (SSSR count). The quantitative estimate of drug-likeness (QED) is 0.765. The number of ether oxygens (including phenoxy) is 1. The summed E-state index contributed by atoms with van der Waals surface area (Å²) in [6, 6.07) is 6.55. The molecule has 0 aliphatic rings. The lowest BCUT2D eigenvalue weighted by atomic mass is 10.1. The average Bonchev–Trinajstić information content (AvgIpc) is 2.36. The van der Waals surface area contributed by atoms with Crippen LogP contribution in [0.2, 0.25) is 0 Å². The van der Waals surface area contributed by atoms with Crippen LogP contribution >= 0.6 is 0 Å². The van der Waals surface area contributed by atoms with E-state index in [9.17, 15) is 4.39 Å². The number of halogens is 1. The smallest absolute Gasteiger partial charge is 0.123 e. The average molecular weight is 253 g/mol. The zero-order valence-corrected chi connectivity index (χ0v) is 11.6. The fourth-order valence-corrected chi connectivity index (χ4v) is 1.99. The van der Waals surface area contributed by atoms with E-state index in [0.717, 1.165) is 18.7 Å². The van der Waals surface area contributed by atoms with Crippen LogP contribution in [0.3, 0.4) is 0 Å². The predicted molar refractivity (Wildman–Crippen MR) is 73.1 cm³/mol. The van der Waals surface area contributed by atoms with Crippen LogP contribution in [0.15, 0.2) is 24.3 Å². The van der Waals surface area contributed by atoms with Crippen molar-refractivity contribution in [1.82, 2.24) is 5.32 Å². The minimum absolute atomic E-state index is 0.00472. The van der Waals surface area contributed by atoms with Gasteiger partial charge in [-0.2, -0.15) is 0 Å². The molecule has 102 valence electrons. The van der Waals surface area contributed by atoms with Crippen molar-refractivity contribution in [3.8, 4) is 0 Å². The van der Waals surface area contributed by atoms with Gasteiger partial charge in [-0.25, -0.2) is 4.39 Å². The first-order valence-electron chi connectivity index (χ1n) is 6.69. The summed E-state index contributed by atoms with van der Waals surface area (Å²) in [5.41, 5.74) is 1.02. The van der Waals surface area contributed by atoms with Crippen molar-refractivity contribution in [2.45, 2.75) is 32.8 Å². The first kappa shape index (κ1) is 15.1. The molecule has 0 radical (unpaired) electrons. The van der Waals surface area contributed by atoms with Crippen LogP contribution in [0.25, 0.3) is 0 Å². The van der Waals surface area contributed by atoms with Gasteiger partial charge in [0.15, 0.2) is 0 Å². The molecule has 0 aliphatic heterocycles. The largest absolute Gasteiger partial charge is 0.372 e. The van der Waals surface area contributed by atoms with E-state index in [-0.39, 0.29) is 11.9 Å². The topological polar surface area (TPSA) is 21.3 Å². The number of likely N-dealkylation sites (N-methyl/N-ethyl adjacent to an activating group) is 1. The third kappa shape index (κ3) is 5.15. The highest BCUT2D eigenvalue weighted by Crippen LogP contribution is 2.19. The molecule has 0 saturated heterocycles. The van der Waals surface area contributed by atoms with Gasteiger partial charge in [-0.3, -0.25) is 0 Å². The minimum atomic E-state index is -0.207. The van der Waals surface area contributed by atoms with E-state index in [1.807, 2.05) is 7.05 Å². The lowest BCUT2D eigenvalue weighted by Gasteiger charge is -2.20. The molecule has 0 bridgehead atoms. The van der Waals surface area contributed by atoms with E-state index >= 15 is 0 Å². The Morgan fingerprint density at radius 2 is 1.94 bits per heavy atom. The third-order valence-corrected chi connectivity index (χ3v) is 2.99. The number of hydrogen-bond acceptors (Lipinski definition) is 2. The zero-order chi connectivity index (χ0) is 13.4. The molecular formula is C15H24FNO. The van der Waals surface area contributed by atoms with Crippen LogP contribution in [0.1, 0.15) is 38.4 Å². The lowest BCUT2D eigenvalue weighted by molar-refractivity contribution is 0.0310. The number of hydrogen-bond donors (Lipinski definition) is 1. The van der Waals surface area contributed by atoms with Gasteiger partial charge in [-0.15, -0.1) is 0 Å². The number of rotatable bonds is 8. The number of benzene rings is 1. The molecule has 1 aromatic carbocycles. The highest BCUT2D eigenvalue weighted by Gasteiger charge is 2.12. The van der Waals surface area contributed by atoms with Gasteiger partial charge in [0.05, 0.1) is 12.7 Å². The van der Waals surface area contributed by atoms with Gasteiger partial charge in [-0.05, 0) is 37.1 Å². The van der Waals surface area contributed by atoms with Crippen molar-refractivity contribution in [3.63, 3.8) is 0 Å². The van der Waals surface area contributed by atoms with Gasteiger partial charge >= 0.3 is 0 Å². The molecule has 1 aromatic rings. The molecule has 0 heterocycles. The number of nitrogens with one attached hydrogen (secondary N) is 1. The standard InChI is InChI=1S/C15H24FNO/c1-4-5-12(2)11-18-15(10-17-3)13-6-8-14(16)9-7-13/h6-9,12,15,17H,4-5,10-11H2,1-3H3. The van der Waals surface area contributed by atoms with Gasteiger partial charge in [0.2, 0.25) is 0 Å². The summed E-state index contributed by atoms with van der Waals surface area (Å²) < 4.78 is 18.8. The molecule has 0 aromatic heterocycles. The van der Waals surface area contributed by atoms with E-state index in [1.54, 1.807) is 12.1 Å². The van der Waals surface area contributed by atoms with Gasteiger partial charge in [0.25, 0.3) is 0 Å². The molecule has 2 unspecified atom stereocenters. The van der Waals surface area contributed by atoms with Crippen LogP contribution in [0, 0.1) is 11.7 Å². The third-order valence-electron chi connectivity index (χ3n) is 2.99. The molecule has 18 heavy (non-hydrogen) atoms. The zero-order valence-electron chi connectivity index (χ0n) is 11.6. The summed E-state index contributed by atoms with van der Waals surface area (Å²) in [6.45, 7) is 5.87. The summed E-state index contributed by atoms with van der Waals surface area (Å²) in [4.78, 5) is 0. The monoisotopic (exact) mass is 253 g/mol. The molecule has 0 fully saturated rings. The Morgan fingerprint density at radius 3 is 2.50 bits per heavy atom. The first-order valence-corrected chi connectivity index (χ1v) is 6.69. The minimum Gasteiger partial charge on any atom is -0.372 e. The van der Waals surface area contributed by atoms with E-state index in [0.29, 0.717) is 5.92 Å². The van der Waals surface area contributed by atoms with Crippen LogP contribution in [-0.4, -0.2) is 20.2 Å². The Bertz CT molecular complexity index is 326. The van der Waals surface area contributed by atoms with Gasteiger partial charge in [0.1, 0.15) is 5.82 Å². The van der Waals surface area contributed by atoms with Crippen LogP contribution in [0.5, 0.6) is 0 Å². The van der Waals surface area contributed by atoms with Crippen molar-refractivity contribution >= 4 is 0 Å². The summed E-state index contributed by atoms with van der Waals surface area (Å²) in [5, 5.41) is 3.12. The summed E-state index contributed by atoms with van der Waals surface area (Å²) in [5.74, 6) is 0.358. The van der Waals surface area contributed by atoms with E-state index in [1.165, 1.54) is 25.0 Å². The van der Waals surface area contributed by atoms with Crippen LogP contribution in [0.4, 0.5) is 4.39 Å². The van der Waals surface area contributed by atoms with Crippen molar-refractivity contribution in [2.75, 3.05) is 20.2 Å². The summed E-state index contributed by atoms with van der Waals surface area (Å²) in [6.07, 6.45) is 2.35. The fraction of sp³-hybridized carbons (Fsp3) is 0.600. The van der Waals surface area contributed by atoms with Crippen LogP contribution in [-0.2, 0) is 4.74 Å². The maximum absolute atomic E-state index is 12.9. The van der Waals surface area contributed by atoms with Crippen molar-refractivity contribution in [2.24, 2.45) is 5.92 Å². The summed E-state index contributed by atoms with van der Waals surface area (Å²) >= 11 is 0. The van der Waals surface area contributed by atoms with E-state index in [4.69, 9.17) is 4.74 Å². The molecule has 2 atom stereocenters. The Hall–Kier alpha value is -0.930. The SMILES string of the molecule is CCCC(C)COC(CNC)c1ccc(F)cc1. The summed E-state index contributed by atoms with van der Waals surface area (Å²) in [7, 11) is 1.90. The molecule has 0 amide bonds. The molecule has 1 N–H and O–H groups in total. The highest BCUT2D eigenvalue weighted by molar-refractivity contribution is 5.19. The second kappa shape index (κ2) is 8.22. The molecule has 3 heteroatoms. The maximum Gasteiger partial charge on any atom is 0.123 e. The molecule has 0 aliphatic carbocycles. The Kier molecular flexibility index (Phi) is 6.91. The van der Waals surface area contributed by atoms with Crippen molar-refractivity contribution < 1.29 is 9.13 Å². The Labute approximate surface area is 110 Å². The highest BCUT2D eigenvalue weighted by atomic mass is 19.1. The fourth-order valence-electron chi connectivity index (χ4n) is 1.99. The van der Waals surface area contributed by atoms with Crippen LogP contribution < -0.4 is 5.32 Å². The second-order valence-electron chi connectivity index (χ2n) is 4.83. The predicted octanol–water partition coefficient (Wildman–Crippen LogP) is 3.54. The van der Waals surface area contributed by atoms with Gasteiger partial charge in [-0.1, -0.05) is 32.4 Å². The Balaban J connectivity index is 2.56. The first-order chi connectivity index (χ1) is 8.67. The Morgan fingerprint density at radius 1 is 1.28 bits per heavy atom. The lowest BCUT2D eigenvalue weighted by Crippen LogP contribution is -2.21. The van der Waals surface area contributed by atoms with Crippen molar-refractivity contribution in [3.05, 3.63) is 35.6 Å². The molecule has 0 saturated carbocycles. The normalized spacial score (nSPS) is 14.4. The second-order valence-corrected chi connectivity index (χ2v) is 4.83. The van der Waals surface area contributed by atoms with Gasteiger partial charge < -0.3 is 10.1 Å². The molecule has 0 spiro atoms. The van der Waals surface area contributed by atoms with E-state index in [2.05, 4.69) is 19.2 Å². The van der Waals surface area contributed by atoms with Crippen molar-refractivity contribution in [1.29, 1.82) is 0 Å². The van der Waals surface area contributed by atoms with Gasteiger partial charge in [0, 0.05) is 6.54 Å². The maximum atomic E-state index is 12.9. The molecule has 2 nitrogen and oxygen atoms in total. The van der Waals surface area contributed by atoms with E-state index < -0.39 is 0 Å².